The molecule has 23 heavy (non-hydrogen) atoms. The standard InChI is InChI=1S/C17H20N2O3S/c1-12(2)13-4-6-14(7-5-13)17(20)18-15-8-10-16(11-9-15)19-23(3,21)22/h4-12,19H,1-3H3,(H,18,20). The molecular formula is C17H20N2O3S. The van der Waals surface area contributed by atoms with Crippen LogP contribution in [0.3, 0.4) is 0 Å². The van der Waals surface area contributed by atoms with Crippen LogP contribution in [-0.2, 0) is 10.0 Å². The van der Waals surface area contributed by atoms with Crippen molar-refractivity contribution in [3.05, 3.63) is 59.7 Å². The monoisotopic (exact) mass is 332 g/mol. The minimum Gasteiger partial charge on any atom is -0.322 e. The van der Waals surface area contributed by atoms with Crippen molar-refractivity contribution in [1.29, 1.82) is 0 Å². The fourth-order valence-corrected chi connectivity index (χ4v) is 2.62. The third kappa shape index (κ3) is 5.10. The number of anilines is 2. The molecule has 0 saturated carbocycles. The molecule has 0 atom stereocenters. The van der Waals surface area contributed by atoms with Gasteiger partial charge in [0, 0.05) is 16.9 Å². The molecule has 2 aromatic rings. The second kappa shape index (κ2) is 6.83. The summed E-state index contributed by atoms with van der Waals surface area (Å²) in [6.45, 7) is 4.20. The van der Waals surface area contributed by atoms with E-state index in [0.29, 0.717) is 22.9 Å². The van der Waals surface area contributed by atoms with Gasteiger partial charge >= 0.3 is 0 Å². The van der Waals surface area contributed by atoms with Crippen molar-refractivity contribution >= 4 is 27.3 Å². The van der Waals surface area contributed by atoms with Crippen molar-refractivity contribution < 1.29 is 13.2 Å². The van der Waals surface area contributed by atoms with Gasteiger partial charge < -0.3 is 5.32 Å². The average molecular weight is 332 g/mol. The molecule has 122 valence electrons. The van der Waals surface area contributed by atoms with Gasteiger partial charge in [-0.25, -0.2) is 8.42 Å². The lowest BCUT2D eigenvalue weighted by molar-refractivity contribution is 0.102. The summed E-state index contributed by atoms with van der Waals surface area (Å²) >= 11 is 0. The Morgan fingerprint density at radius 3 is 1.91 bits per heavy atom. The number of nitrogens with one attached hydrogen (secondary N) is 2. The molecule has 0 aliphatic rings. The first kappa shape index (κ1) is 17.0. The van der Waals surface area contributed by atoms with Crippen LogP contribution in [0.1, 0.15) is 35.7 Å². The summed E-state index contributed by atoms with van der Waals surface area (Å²) in [6, 6.07) is 14.0. The molecule has 0 fully saturated rings. The van der Waals surface area contributed by atoms with Crippen LogP contribution < -0.4 is 10.0 Å². The molecule has 2 aromatic carbocycles. The predicted molar refractivity (Wildman–Crippen MR) is 93.4 cm³/mol. The highest BCUT2D eigenvalue weighted by molar-refractivity contribution is 7.92. The van der Waals surface area contributed by atoms with E-state index in [9.17, 15) is 13.2 Å². The third-order valence-electron chi connectivity index (χ3n) is 3.29. The maximum Gasteiger partial charge on any atom is 0.255 e. The lowest BCUT2D eigenvalue weighted by Crippen LogP contribution is -2.12. The van der Waals surface area contributed by atoms with Gasteiger partial charge in [-0.1, -0.05) is 26.0 Å². The van der Waals surface area contributed by atoms with Crippen LogP contribution >= 0.6 is 0 Å². The van der Waals surface area contributed by atoms with Gasteiger partial charge in [-0.3, -0.25) is 9.52 Å². The molecule has 5 nitrogen and oxygen atoms in total. The quantitative estimate of drug-likeness (QED) is 0.881. The first-order valence-corrected chi connectivity index (χ1v) is 9.13. The lowest BCUT2D eigenvalue weighted by atomic mass is 10.0. The van der Waals surface area contributed by atoms with Gasteiger partial charge in [-0.05, 0) is 47.9 Å². The van der Waals surface area contributed by atoms with Crippen molar-refractivity contribution in [2.75, 3.05) is 16.3 Å². The number of carbonyl (C=O) groups excluding carboxylic acids is 1. The van der Waals surface area contributed by atoms with E-state index in [-0.39, 0.29) is 5.91 Å². The number of amides is 1. The van der Waals surface area contributed by atoms with E-state index >= 15 is 0 Å². The molecule has 0 aliphatic heterocycles. The number of carbonyl (C=O) groups is 1. The van der Waals surface area contributed by atoms with Crippen LogP contribution in [-0.4, -0.2) is 20.6 Å². The normalized spacial score (nSPS) is 11.3. The van der Waals surface area contributed by atoms with E-state index in [0.717, 1.165) is 6.26 Å². The third-order valence-corrected chi connectivity index (χ3v) is 3.89. The van der Waals surface area contributed by atoms with E-state index < -0.39 is 10.0 Å². The minimum atomic E-state index is -3.30. The molecule has 1 amide bonds. The van der Waals surface area contributed by atoms with Crippen molar-refractivity contribution in [2.45, 2.75) is 19.8 Å². The zero-order valence-electron chi connectivity index (χ0n) is 13.3. The van der Waals surface area contributed by atoms with E-state index in [2.05, 4.69) is 23.9 Å². The summed E-state index contributed by atoms with van der Waals surface area (Å²) < 4.78 is 24.7. The Morgan fingerprint density at radius 1 is 0.913 bits per heavy atom. The molecule has 0 heterocycles. The van der Waals surface area contributed by atoms with Gasteiger partial charge in [0.05, 0.1) is 6.26 Å². The topological polar surface area (TPSA) is 75.3 Å². The zero-order valence-corrected chi connectivity index (χ0v) is 14.1. The number of hydrogen-bond acceptors (Lipinski definition) is 3. The number of rotatable bonds is 5. The van der Waals surface area contributed by atoms with E-state index in [1.165, 1.54) is 5.56 Å². The van der Waals surface area contributed by atoms with Crippen molar-refractivity contribution in [2.24, 2.45) is 0 Å². The molecule has 0 aliphatic carbocycles. The highest BCUT2D eigenvalue weighted by atomic mass is 32.2. The second-order valence-electron chi connectivity index (χ2n) is 5.68. The minimum absolute atomic E-state index is 0.205. The molecule has 6 heteroatoms. The van der Waals surface area contributed by atoms with E-state index in [1.807, 2.05) is 12.1 Å². The van der Waals surface area contributed by atoms with Crippen molar-refractivity contribution in [3.63, 3.8) is 0 Å². The maximum atomic E-state index is 12.2. The SMILES string of the molecule is CC(C)c1ccc(C(=O)Nc2ccc(NS(C)(=O)=O)cc2)cc1. The van der Waals surface area contributed by atoms with Gasteiger partial charge in [0.25, 0.3) is 5.91 Å². The summed E-state index contributed by atoms with van der Waals surface area (Å²) in [4.78, 5) is 12.2. The summed E-state index contributed by atoms with van der Waals surface area (Å²) in [5.41, 5.74) is 2.80. The van der Waals surface area contributed by atoms with E-state index in [1.54, 1.807) is 36.4 Å². The second-order valence-corrected chi connectivity index (χ2v) is 7.43. The van der Waals surface area contributed by atoms with Crippen molar-refractivity contribution in [1.82, 2.24) is 0 Å². The fraction of sp³-hybridized carbons (Fsp3) is 0.235. The maximum absolute atomic E-state index is 12.2. The first-order valence-electron chi connectivity index (χ1n) is 7.24. The van der Waals surface area contributed by atoms with Crippen LogP contribution in [0, 0.1) is 0 Å². The molecule has 2 N–H and O–H groups in total. The van der Waals surface area contributed by atoms with Gasteiger partial charge in [-0.2, -0.15) is 0 Å². The molecule has 0 radical (unpaired) electrons. The molecule has 0 bridgehead atoms. The Labute approximate surface area is 136 Å². The van der Waals surface area contributed by atoms with Gasteiger partial charge in [0.15, 0.2) is 0 Å². The van der Waals surface area contributed by atoms with Crippen LogP contribution in [0.25, 0.3) is 0 Å². The molecular weight excluding hydrogens is 312 g/mol. The van der Waals surface area contributed by atoms with Crippen LogP contribution in [0.4, 0.5) is 11.4 Å². The number of sulfonamides is 1. The van der Waals surface area contributed by atoms with Crippen LogP contribution in [0.5, 0.6) is 0 Å². The molecule has 2 rings (SSSR count). The summed E-state index contributed by atoms with van der Waals surface area (Å²) in [5.74, 6) is 0.214. The van der Waals surface area contributed by atoms with Crippen LogP contribution in [0.15, 0.2) is 48.5 Å². The van der Waals surface area contributed by atoms with Crippen molar-refractivity contribution in [3.8, 4) is 0 Å². The number of benzene rings is 2. The molecule has 0 aromatic heterocycles. The molecule has 0 spiro atoms. The lowest BCUT2D eigenvalue weighted by Gasteiger charge is -2.09. The smallest absolute Gasteiger partial charge is 0.255 e. The molecule has 0 unspecified atom stereocenters. The Kier molecular flexibility index (Phi) is 5.05. The highest BCUT2D eigenvalue weighted by Crippen LogP contribution is 2.17. The number of hydrogen-bond donors (Lipinski definition) is 2. The van der Waals surface area contributed by atoms with Gasteiger partial charge in [0.1, 0.15) is 0 Å². The highest BCUT2D eigenvalue weighted by Gasteiger charge is 2.08. The Morgan fingerprint density at radius 2 is 1.43 bits per heavy atom. The Balaban J connectivity index is 2.05. The van der Waals surface area contributed by atoms with Gasteiger partial charge in [0.2, 0.25) is 10.0 Å². The Bertz CT molecular complexity index is 780. The summed E-state index contributed by atoms with van der Waals surface area (Å²) in [5, 5.41) is 2.78. The Hall–Kier alpha value is -2.34. The average Bonchev–Trinajstić information content (AvgIpc) is 2.48. The van der Waals surface area contributed by atoms with E-state index in [4.69, 9.17) is 0 Å². The summed E-state index contributed by atoms with van der Waals surface area (Å²) in [6.07, 6.45) is 1.09. The molecule has 0 saturated heterocycles. The fourth-order valence-electron chi connectivity index (χ4n) is 2.06. The largest absolute Gasteiger partial charge is 0.322 e. The summed E-state index contributed by atoms with van der Waals surface area (Å²) in [7, 11) is -3.30. The van der Waals surface area contributed by atoms with Crippen LogP contribution in [0.2, 0.25) is 0 Å². The first-order chi connectivity index (χ1) is 10.7. The predicted octanol–water partition coefficient (Wildman–Crippen LogP) is 3.43. The zero-order chi connectivity index (χ0) is 17.0. The van der Waals surface area contributed by atoms with Gasteiger partial charge in [-0.15, -0.1) is 0 Å².